The summed E-state index contributed by atoms with van der Waals surface area (Å²) >= 11 is 12.7. The van der Waals surface area contributed by atoms with Crippen molar-refractivity contribution in [2.75, 3.05) is 12.3 Å². The van der Waals surface area contributed by atoms with Gasteiger partial charge in [0.2, 0.25) is 0 Å². The van der Waals surface area contributed by atoms with Crippen molar-refractivity contribution in [1.29, 1.82) is 0 Å². The molecule has 0 aliphatic heterocycles. The molecule has 0 unspecified atom stereocenters. The molecule has 0 radical (unpaired) electrons. The monoisotopic (exact) mass is 746 g/mol. The molecule has 0 heterocycles. The third-order valence-corrected chi connectivity index (χ3v) is 18.7. The first-order valence-electron chi connectivity index (χ1n) is 16.0. The molecule has 48 heavy (non-hydrogen) atoms. The molecule has 0 N–H and O–H groups in total. The zero-order valence-electron chi connectivity index (χ0n) is 26.8. The van der Waals surface area contributed by atoms with E-state index in [4.69, 9.17) is 23.2 Å². The van der Waals surface area contributed by atoms with Gasteiger partial charge in [-0.05, 0) is 96.8 Å². The zero-order chi connectivity index (χ0) is 31.7. The maximum absolute atomic E-state index is 6.33. The summed E-state index contributed by atoms with van der Waals surface area (Å²) in [6.45, 7) is 0. The summed E-state index contributed by atoms with van der Waals surface area (Å²) in [6, 6.07) is 62.2. The van der Waals surface area contributed by atoms with Gasteiger partial charge < -0.3 is 24.8 Å². The van der Waals surface area contributed by atoms with Crippen LogP contribution in [-0.2, 0) is 12.3 Å². The highest BCUT2D eigenvalue weighted by Crippen LogP contribution is 2.62. The lowest BCUT2D eigenvalue weighted by atomic mass is 10.2. The second-order valence-corrected chi connectivity index (χ2v) is 20.3. The summed E-state index contributed by atoms with van der Waals surface area (Å²) in [7, 11) is -3.56. The van der Waals surface area contributed by atoms with Crippen molar-refractivity contribution >= 4 is 58.9 Å². The summed E-state index contributed by atoms with van der Waals surface area (Å²) < 4.78 is 0. The van der Waals surface area contributed by atoms with Crippen LogP contribution in [0.1, 0.15) is 24.0 Å². The number of halogens is 4. The standard InChI is InChI=1S/C42H40Cl2P2.2ClH/c43-37-27-23-35(24-28-37)33-45(39-15-5-1-6-16-39,40-17-7-2-8-18-40)31-13-14-32-46(41-19-9-3-10-20-41,42-21-11-4-12-22-42)34-36-25-29-38(44)30-26-36;;/h1-12,15-30H,13-14,31-34H2;2*1H/q+2;;/p-2. The molecule has 6 heteroatoms. The maximum Gasteiger partial charge on any atom is 0.0995 e. The van der Waals surface area contributed by atoms with E-state index in [1.165, 1.54) is 32.3 Å². The molecular formula is C42H40Cl4P2. The quantitative estimate of drug-likeness (QED) is 0.118. The normalized spacial score (nSPS) is 11.3. The first-order valence-corrected chi connectivity index (χ1v) is 21.1. The Morgan fingerprint density at radius 3 is 0.833 bits per heavy atom. The molecular weight excluding hydrogens is 708 g/mol. The first kappa shape index (κ1) is 38.1. The fourth-order valence-corrected chi connectivity index (χ4v) is 15.9. The van der Waals surface area contributed by atoms with Crippen molar-refractivity contribution in [2.45, 2.75) is 25.2 Å². The first-order chi connectivity index (χ1) is 22.6. The van der Waals surface area contributed by atoms with E-state index >= 15 is 0 Å². The number of unbranched alkanes of at least 4 members (excludes halogenated alkanes) is 1. The Morgan fingerprint density at radius 1 is 0.333 bits per heavy atom. The summed E-state index contributed by atoms with van der Waals surface area (Å²) in [5, 5.41) is 7.48. The lowest BCUT2D eigenvalue weighted by Gasteiger charge is -2.30. The van der Waals surface area contributed by atoms with E-state index < -0.39 is 14.5 Å². The van der Waals surface area contributed by atoms with Gasteiger partial charge in [-0.2, -0.15) is 0 Å². The predicted molar refractivity (Wildman–Crippen MR) is 207 cm³/mol. The van der Waals surface area contributed by atoms with Crippen LogP contribution in [0.15, 0.2) is 170 Å². The summed E-state index contributed by atoms with van der Waals surface area (Å²) in [5.74, 6) is 0. The van der Waals surface area contributed by atoms with E-state index in [2.05, 4.69) is 146 Å². The summed E-state index contributed by atoms with van der Waals surface area (Å²) in [5.41, 5.74) is 2.70. The molecule has 0 fully saturated rings. The van der Waals surface area contributed by atoms with E-state index in [-0.39, 0.29) is 24.8 Å². The molecule has 0 amide bonds. The van der Waals surface area contributed by atoms with Crippen molar-refractivity contribution in [3.63, 3.8) is 0 Å². The van der Waals surface area contributed by atoms with Gasteiger partial charge in [0.25, 0.3) is 0 Å². The zero-order valence-corrected chi connectivity index (χ0v) is 31.6. The number of rotatable bonds is 13. The molecule has 0 bridgehead atoms. The summed E-state index contributed by atoms with van der Waals surface area (Å²) in [6.07, 6.45) is 6.70. The van der Waals surface area contributed by atoms with Crippen molar-refractivity contribution < 1.29 is 24.8 Å². The largest absolute Gasteiger partial charge is 1.00 e. The van der Waals surface area contributed by atoms with Crippen LogP contribution in [0.4, 0.5) is 0 Å². The van der Waals surface area contributed by atoms with Gasteiger partial charge in [-0.25, -0.2) is 0 Å². The van der Waals surface area contributed by atoms with Crippen LogP contribution < -0.4 is 46.0 Å². The van der Waals surface area contributed by atoms with E-state index in [1.54, 1.807) is 0 Å². The minimum Gasteiger partial charge on any atom is -1.00 e. The van der Waals surface area contributed by atoms with Gasteiger partial charge in [-0.3, -0.25) is 0 Å². The van der Waals surface area contributed by atoms with Crippen LogP contribution in [0.5, 0.6) is 0 Å². The van der Waals surface area contributed by atoms with Gasteiger partial charge in [0.1, 0.15) is 0 Å². The molecule has 0 nitrogen and oxygen atoms in total. The highest BCUT2D eigenvalue weighted by molar-refractivity contribution is 7.89. The lowest BCUT2D eigenvalue weighted by molar-refractivity contribution is -0.00100. The lowest BCUT2D eigenvalue weighted by Crippen LogP contribution is -3.00. The second-order valence-electron chi connectivity index (χ2n) is 12.0. The van der Waals surface area contributed by atoms with Gasteiger partial charge in [0, 0.05) is 10.0 Å². The van der Waals surface area contributed by atoms with Crippen molar-refractivity contribution in [1.82, 2.24) is 0 Å². The Balaban J connectivity index is 0.00000260. The van der Waals surface area contributed by atoms with Crippen LogP contribution in [-0.4, -0.2) is 12.3 Å². The minimum atomic E-state index is -1.78. The average Bonchev–Trinajstić information content (AvgIpc) is 3.12. The van der Waals surface area contributed by atoms with Crippen LogP contribution >= 0.6 is 37.7 Å². The van der Waals surface area contributed by atoms with Gasteiger partial charge >= 0.3 is 0 Å². The predicted octanol–water partition coefficient (Wildman–Crippen LogP) is 4.82. The summed E-state index contributed by atoms with van der Waals surface area (Å²) in [4.78, 5) is 0. The van der Waals surface area contributed by atoms with Crippen molar-refractivity contribution in [3.8, 4) is 0 Å². The Morgan fingerprint density at radius 2 is 0.583 bits per heavy atom. The van der Waals surface area contributed by atoms with Crippen LogP contribution in [0.2, 0.25) is 10.0 Å². The molecule has 0 aromatic heterocycles. The Bertz CT molecular complexity index is 1570. The molecule has 0 spiro atoms. The highest BCUT2D eigenvalue weighted by atomic mass is 35.5. The molecule has 0 saturated carbocycles. The van der Waals surface area contributed by atoms with Crippen molar-refractivity contribution in [3.05, 3.63) is 191 Å². The van der Waals surface area contributed by atoms with Gasteiger partial charge in [0.05, 0.1) is 60.4 Å². The number of benzene rings is 6. The minimum absolute atomic E-state index is 0. The van der Waals surface area contributed by atoms with Gasteiger partial charge in [-0.15, -0.1) is 0 Å². The van der Waals surface area contributed by atoms with E-state index in [9.17, 15) is 0 Å². The molecule has 0 atom stereocenters. The van der Waals surface area contributed by atoms with Crippen LogP contribution in [0.3, 0.4) is 0 Å². The topological polar surface area (TPSA) is 0 Å². The number of hydrogen-bond donors (Lipinski definition) is 0. The third-order valence-electron chi connectivity index (χ3n) is 9.06. The van der Waals surface area contributed by atoms with Crippen molar-refractivity contribution in [2.24, 2.45) is 0 Å². The molecule has 246 valence electrons. The molecule has 6 aromatic carbocycles. The number of hydrogen-bond acceptors (Lipinski definition) is 0. The van der Waals surface area contributed by atoms with Gasteiger partial charge in [-0.1, -0.05) is 120 Å². The molecule has 0 aliphatic rings. The van der Waals surface area contributed by atoms with E-state index in [0.717, 1.165) is 47.5 Å². The molecule has 0 saturated heterocycles. The molecule has 6 aromatic rings. The smallest absolute Gasteiger partial charge is 0.0995 e. The maximum atomic E-state index is 6.33. The third kappa shape index (κ3) is 9.11. The molecule has 6 rings (SSSR count). The Kier molecular flexibility index (Phi) is 14.6. The Labute approximate surface area is 310 Å². The Hall–Kier alpha value is -2.66. The molecule has 0 aliphatic carbocycles. The van der Waals surface area contributed by atoms with Crippen LogP contribution in [0.25, 0.3) is 0 Å². The fraction of sp³-hybridized carbons (Fsp3) is 0.143. The average molecular weight is 749 g/mol. The van der Waals surface area contributed by atoms with Gasteiger partial charge in [0.15, 0.2) is 0 Å². The highest BCUT2D eigenvalue weighted by Gasteiger charge is 2.45. The van der Waals surface area contributed by atoms with E-state index in [1.807, 2.05) is 24.3 Å². The van der Waals surface area contributed by atoms with Crippen LogP contribution in [0, 0.1) is 0 Å². The fourth-order valence-electron chi connectivity index (χ4n) is 6.76. The SMILES string of the molecule is Clc1ccc(C[P+](CCCC[P+](Cc2ccc(Cl)cc2)(c2ccccc2)c2ccccc2)(c2ccccc2)c2ccccc2)cc1.[Cl-].[Cl-]. The van der Waals surface area contributed by atoms with E-state index in [0.29, 0.717) is 0 Å². The second kappa shape index (κ2) is 18.4.